The molecule has 0 bridgehead atoms. The van der Waals surface area contributed by atoms with Gasteiger partial charge in [0.15, 0.2) is 0 Å². The minimum absolute atomic E-state index is 0.0189. The quantitative estimate of drug-likeness (QED) is 0.599. The normalized spacial score (nSPS) is 28.5. The molecule has 2 aliphatic heterocycles. The van der Waals surface area contributed by atoms with E-state index < -0.39 is 0 Å². The molecule has 2 aromatic heterocycles. The number of thiophene rings is 2. The summed E-state index contributed by atoms with van der Waals surface area (Å²) in [6, 6.07) is 6.58. The van der Waals surface area contributed by atoms with Gasteiger partial charge in [0, 0.05) is 16.3 Å². The van der Waals surface area contributed by atoms with E-state index in [0.717, 1.165) is 13.0 Å². The third-order valence-electron chi connectivity index (χ3n) is 5.80. The highest BCUT2D eigenvalue weighted by Gasteiger charge is 2.48. The third kappa shape index (κ3) is 2.51. The van der Waals surface area contributed by atoms with E-state index in [9.17, 15) is 9.59 Å². The van der Waals surface area contributed by atoms with Gasteiger partial charge in [-0.25, -0.2) is 0 Å². The molecule has 5 rings (SSSR count). The van der Waals surface area contributed by atoms with Crippen LogP contribution in [0.4, 0.5) is 0 Å². The molecule has 4 heterocycles. The lowest BCUT2D eigenvalue weighted by Gasteiger charge is -2.37. The van der Waals surface area contributed by atoms with Crippen molar-refractivity contribution in [3.8, 4) is 0 Å². The fourth-order valence-electron chi connectivity index (χ4n) is 4.49. The van der Waals surface area contributed by atoms with Gasteiger partial charge >= 0.3 is 0 Å². The summed E-state index contributed by atoms with van der Waals surface area (Å²) in [6.07, 6.45) is 6.48. The first-order valence-corrected chi connectivity index (χ1v) is 10.8. The molecule has 2 amide bonds. The van der Waals surface area contributed by atoms with E-state index in [4.69, 9.17) is 0 Å². The summed E-state index contributed by atoms with van der Waals surface area (Å²) in [5.41, 5.74) is 1.34. The van der Waals surface area contributed by atoms with Crippen molar-refractivity contribution in [3.63, 3.8) is 0 Å². The van der Waals surface area contributed by atoms with Gasteiger partial charge in [0.2, 0.25) is 11.8 Å². The number of rotatable bonds is 3. The fraction of sp³-hybridized carbons (Fsp3) is 0.400. The van der Waals surface area contributed by atoms with E-state index in [1.807, 2.05) is 23.5 Å². The van der Waals surface area contributed by atoms with Crippen LogP contribution in [-0.4, -0.2) is 34.8 Å². The van der Waals surface area contributed by atoms with Crippen LogP contribution in [0.25, 0.3) is 0 Å². The Morgan fingerprint density at radius 2 is 1.77 bits per heavy atom. The topological polar surface area (TPSA) is 40.6 Å². The minimum Gasteiger partial charge on any atom is -0.274 e. The number of fused-ring (bicyclic) bond motifs is 2. The summed E-state index contributed by atoms with van der Waals surface area (Å²) in [5, 5.41) is 4.25. The van der Waals surface area contributed by atoms with Crippen LogP contribution in [0.2, 0.25) is 0 Å². The average Bonchev–Trinajstić information content (AvgIpc) is 3.39. The van der Waals surface area contributed by atoms with Crippen molar-refractivity contribution in [2.24, 2.45) is 11.8 Å². The Bertz CT molecular complexity index is 844. The second kappa shape index (κ2) is 6.44. The molecule has 3 atom stereocenters. The van der Waals surface area contributed by atoms with E-state index in [1.165, 1.54) is 20.2 Å². The lowest BCUT2D eigenvalue weighted by atomic mass is 9.85. The zero-order valence-corrected chi connectivity index (χ0v) is 16.0. The number of amides is 2. The van der Waals surface area contributed by atoms with Crippen LogP contribution in [0.5, 0.6) is 0 Å². The van der Waals surface area contributed by atoms with Crippen LogP contribution >= 0.6 is 22.7 Å². The van der Waals surface area contributed by atoms with Gasteiger partial charge in [-0.15, -0.1) is 22.7 Å². The molecule has 0 N–H and O–H groups in total. The maximum absolute atomic E-state index is 12.9. The van der Waals surface area contributed by atoms with E-state index in [-0.39, 0.29) is 29.7 Å². The van der Waals surface area contributed by atoms with Crippen molar-refractivity contribution in [1.29, 1.82) is 0 Å². The summed E-state index contributed by atoms with van der Waals surface area (Å²) < 4.78 is 0. The molecule has 2 aromatic rings. The van der Waals surface area contributed by atoms with Gasteiger partial charge in [0.1, 0.15) is 0 Å². The number of likely N-dealkylation sites (tertiary alicyclic amines) is 1. The highest BCUT2D eigenvalue weighted by molar-refractivity contribution is 7.10. The Morgan fingerprint density at radius 3 is 2.46 bits per heavy atom. The average molecular weight is 385 g/mol. The van der Waals surface area contributed by atoms with Crippen molar-refractivity contribution >= 4 is 34.5 Å². The van der Waals surface area contributed by atoms with E-state index in [2.05, 4.69) is 33.9 Å². The van der Waals surface area contributed by atoms with Gasteiger partial charge in [-0.05, 0) is 47.7 Å². The SMILES string of the molecule is O=C1[C@H]2CC=CC[C@H]2C(=O)N1CN1CCc2sccc2[C@@H]1c1cccs1. The Labute approximate surface area is 160 Å². The largest absolute Gasteiger partial charge is 0.274 e. The lowest BCUT2D eigenvalue weighted by molar-refractivity contribution is -0.142. The van der Waals surface area contributed by atoms with Crippen LogP contribution < -0.4 is 0 Å². The van der Waals surface area contributed by atoms with E-state index in [0.29, 0.717) is 19.5 Å². The molecular formula is C20H20N2O2S2. The second-order valence-corrected chi connectivity index (χ2v) is 9.16. The molecule has 3 aliphatic rings. The first kappa shape index (κ1) is 16.4. The lowest BCUT2D eigenvalue weighted by Crippen LogP contribution is -2.45. The highest BCUT2D eigenvalue weighted by atomic mass is 32.1. The molecule has 0 saturated carbocycles. The Kier molecular flexibility index (Phi) is 4.07. The molecule has 1 fully saturated rings. The summed E-state index contributed by atoms with van der Waals surface area (Å²) in [7, 11) is 0. The third-order valence-corrected chi connectivity index (χ3v) is 7.72. The van der Waals surface area contributed by atoms with Crippen molar-refractivity contribution in [2.75, 3.05) is 13.2 Å². The van der Waals surface area contributed by atoms with Crippen molar-refractivity contribution in [3.05, 3.63) is 56.4 Å². The zero-order chi connectivity index (χ0) is 17.7. The van der Waals surface area contributed by atoms with E-state index in [1.54, 1.807) is 11.3 Å². The summed E-state index contributed by atoms with van der Waals surface area (Å²) in [6.45, 7) is 1.28. The zero-order valence-electron chi connectivity index (χ0n) is 14.3. The predicted molar refractivity (Wildman–Crippen MR) is 103 cm³/mol. The minimum atomic E-state index is -0.144. The van der Waals surface area contributed by atoms with Crippen molar-refractivity contribution in [2.45, 2.75) is 25.3 Å². The molecule has 26 heavy (non-hydrogen) atoms. The Balaban J connectivity index is 1.45. The number of allylic oxidation sites excluding steroid dienone is 2. The van der Waals surface area contributed by atoms with Crippen LogP contribution in [0.1, 0.15) is 34.2 Å². The number of nitrogens with zero attached hydrogens (tertiary/aromatic N) is 2. The van der Waals surface area contributed by atoms with Gasteiger partial charge in [-0.2, -0.15) is 0 Å². The van der Waals surface area contributed by atoms with Crippen LogP contribution in [-0.2, 0) is 16.0 Å². The molecule has 6 heteroatoms. The maximum Gasteiger partial charge on any atom is 0.234 e. The van der Waals surface area contributed by atoms with Gasteiger partial charge < -0.3 is 0 Å². The summed E-state index contributed by atoms with van der Waals surface area (Å²) in [4.78, 5) is 32.3. The molecule has 0 spiro atoms. The molecule has 134 valence electrons. The Morgan fingerprint density at radius 1 is 1.00 bits per heavy atom. The Hall–Kier alpha value is -1.76. The number of carbonyl (C=O) groups excluding carboxylic acids is 2. The maximum atomic E-state index is 12.9. The number of hydrogen-bond donors (Lipinski definition) is 0. The van der Waals surface area contributed by atoms with Crippen molar-refractivity contribution < 1.29 is 9.59 Å². The number of hydrogen-bond acceptors (Lipinski definition) is 5. The molecular weight excluding hydrogens is 364 g/mol. The monoisotopic (exact) mass is 384 g/mol. The molecule has 1 aliphatic carbocycles. The van der Waals surface area contributed by atoms with Crippen LogP contribution in [0, 0.1) is 11.8 Å². The van der Waals surface area contributed by atoms with Gasteiger partial charge in [0.05, 0.1) is 24.5 Å². The van der Waals surface area contributed by atoms with Crippen molar-refractivity contribution in [1.82, 2.24) is 9.80 Å². The van der Waals surface area contributed by atoms with Crippen LogP contribution in [0.3, 0.4) is 0 Å². The standard InChI is InChI=1S/C20H20N2O2S2/c23-19-13-4-1-2-5-14(13)20(24)22(19)12-21-9-7-16-15(8-11-26-16)18(21)17-6-3-10-25-17/h1-3,6,8,10-11,13-14,18H,4-5,7,9,12H2/t13-,14+,18-/m1/s1. The first-order chi connectivity index (χ1) is 12.7. The smallest absolute Gasteiger partial charge is 0.234 e. The molecule has 4 nitrogen and oxygen atoms in total. The molecule has 1 saturated heterocycles. The molecule has 0 unspecified atom stereocenters. The second-order valence-electron chi connectivity index (χ2n) is 7.18. The van der Waals surface area contributed by atoms with Gasteiger partial charge in [0.25, 0.3) is 0 Å². The van der Waals surface area contributed by atoms with Crippen LogP contribution in [0.15, 0.2) is 41.1 Å². The summed E-state index contributed by atoms with van der Waals surface area (Å²) >= 11 is 3.56. The predicted octanol–water partition coefficient (Wildman–Crippen LogP) is 3.67. The molecule has 0 radical (unpaired) electrons. The molecule has 0 aromatic carbocycles. The number of carbonyl (C=O) groups is 2. The number of imide groups is 1. The fourth-order valence-corrected chi connectivity index (χ4v) is 6.27. The van der Waals surface area contributed by atoms with E-state index >= 15 is 0 Å². The first-order valence-electron chi connectivity index (χ1n) is 9.08. The summed E-state index contributed by atoms with van der Waals surface area (Å²) in [5.74, 6) is -0.251. The van der Waals surface area contributed by atoms with Gasteiger partial charge in [-0.1, -0.05) is 18.2 Å². The highest BCUT2D eigenvalue weighted by Crippen LogP contribution is 2.41. The van der Waals surface area contributed by atoms with Gasteiger partial charge in [-0.3, -0.25) is 19.4 Å².